The molecule has 1 unspecified atom stereocenters. The van der Waals surface area contributed by atoms with E-state index in [0.29, 0.717) is 26.4 Å². The van der Waals surface area contributed by atoms with Gasteiger partial charge in [0.1, 0.15) is 12.2 Å². The number of rotatable bonds is 16. The molecule has 0 N–H and O–H groups in total. The van der Waals surface area contributed by atoms with E-state index in [2.05, 4.69) is 11.8 Å². The maximum atomic E-state index is 6.60. The van der Waals surface area contributed by atoms with Gasteiger partial charge in [0, 0.05) is 26.3 Å². The number of unbranched alkanes of at least 4 members (excludes halogenated alkanes) is 9. The van der Waals surface area contributed by atoms with E-state index >= 15 is 0 Å². The van der Waals surface area contributed by atoms with Crippen LogP contribution in [0.3, 0.4) is 0 Å². The molecule has 0 amide bonds. The zero-order chi connectivity index (χ0) is 24.4. The summed E-state index contributed by atoms with van der Waals surface area (Å²) in [7, 11) is 0. The van der Waals surface area contributed by atoms with Crippen LogP contribution >= 0.6 is 0 Å². The van der Waals surface area contributed by atoms with Gasteiger partial charge in [0.25, 0.3) is 0 Å². The van der Waals surface area contributed by atoms with Crippen molar-refractivity contribution >= 4 is 0 Å². The van der Waals surface area contributed by atoms with Crippen molar-refractivity contribution in [2.75, 3.05) is 39.5 Å². The van der Waals surface area contributed by atoms with Crippen molar-refractivity contribution in [3.63, 3.8) is 0 Å². The van der Waals surface area contributed by atoms with Crippen LogP contribution in [-0.4, -0.2) is 80.5 Å². The third-order valence-corrected chi connectivity index (χ3v) is 7.20. The van der Waals surface area contributed by atoms with Gasteiger partial charge < -0.3 is 28.4 Å². The van der Waals surface area contributed by atoms with E-state index in [9.17, 15) is 0 Å². The van der Waals surface area contributed by atoms with Crippen LogP contribution in [0, 0.1) is 0 Å². The summed E-state index contributed by atoms with van der Waals surface area (Å²) in [5.41, 5.74) is 0. The minimum Gasteiger partial charge on any atom is -0.379 e. The highest BCUT2D eigenvalue weighted by atomic mass is 16.9. The molecule has 0 aromatic carbocycles. The van der Waals surface area contributed by atoms with Crippen LogP contribution in [0.1, 0.15) is 98.8 Å². The summed E-state index contributed by atoms with van der Waals surface area (Å²) in [6, 6.07) is 0. The molecule has 7 nitrogen and oxygen atoms in total. The van der Waals surface area contributed by atoms with Crippen LogP contribution in [-0.2, 0) is 28.4 Å². The maximum absolute atomic E-state index is 6.60. The van der Waals surface area contributed by atoms with Crippen LogP contribution in [0.5, 0.6) is 0 Å². The molecule has 0 aromatic heterocycles. The Kier molecular flexibility index (Phi) is 11.5. The predicted molar refractivity (Wildman–Crippen MR) is 133 cm³/mol. The number of hydrogen-bond donors (Lipinski definition) is 0. The van der Waals surface area contributed by atoms with Gasteiger partial charge in [-0.2, -0.15) is 0 Å². The van der Waals surface area contributed by atoms with E-state index < -0.39 is 11.6 Å². The van der Waals surface area contributed by atoms with E-state index in [1.165, 1.54) is 57.8 Å². The van der Waals surface area contributed by atoms with Crippen molar-refractivity contribution in [3.05, 3.63) is 0 Å². The Bertz CT molecular complexity index is 569. The van der Waals surface area contributed by atoms with E-state index in [1.807, 2.05) is 27.7 Å². The van der Waals surface area contributed by atoms with E-state index in [0.717, 1.165) is 19.5 Å². The van der Waals surface area contributed by atoms with Crippen molar-refractivity contribution in [1.29, 1.82) is 0 Å². The number of ether oxygens (including phenoxy) is 6. The lowest BCUT2D eigenvalue weighted by Gasteiger charge is -2.43. The molecule has 5 atom stereocenters. The second kappa shape index (κ2) is 13.9. The molecule has 200 valence electrons. The maximum Gasteiger partial charge on any atom is 0.241 e. The summed E-state index contributed by atoms with van der Waals surface area (Å²) in [6.07, 6.45) is 12.1. The number of hydrogen-bond acceptors (Lipinski definition) is 7. The average molecular weight is 486 g/mol. The molecular weight excluding hydrogens is 434 g/mol. The molecule has 0 radical (unpaired) electrons. The Morgan fingerprint density at radius 1 is 0.882 bits per heavy atom. The SMILES string of the molecule is CCCCCCCCCCCCOC(N1CCOCC1)[C@@]12O[C@@H](C)[C@@H](OCC)[C@@H]1OC(C)(C)O2. The standard InChI is InChI=1S/C27H51NO6/c1-6-8-9-10-11-12-13-14-15-16-19-31-25(28-17-20-29-21-18-28)27-24(33-26(4,5)34-27)23(30-7-2)22(3)32-27/h22-25H,6-21H2,1-5H3/t22-,23+,24-,25?,27+/m0/s1. The average Bonchev–Trinajstić information content (AvgIpc) is 3.22. The highest BCUT2D eigenvalue weighted by Crippen LogP contribution is 2.49. The van der Waals surface area contributed by atoms with Crippen LogP contribution in [0.25, 0.3) is 0 Å². The Morgan fingerprint density at radius 3 is 2.12 bits per heavy atom. The third kappa shape index (κ3) is 7.37. The monoisotopic (exact) mass is 485 g/mol. The van der Waals surface area contributed by atoms with Gasteiger partial charge in [-0.1, -0.05) is 64.7 Å². The van der Waals surface area contributed by atoms with Crippen LogP contribution in [0.4, 0.5) is 0 Å². The van der Waals surface area contributed by atoms with Crippen molar-refractivity contribution in [1.82, 2.24) is 4.90 Å². The first-order chi connectivity index (χ1) is 16.4. The van der Waals surface area contributed by atoms with E-state index in [4.69, 9.17) is 28.4 Å². The zero-order valence-corrected chi connectivity index (χ0v) is 22.5. The molecule has 0 saturated carbocycles. The minimum absolute atomic E-state index is 0.134. The fraction of sp³-hybridized carbons (Fsp3) is 1.00. The van der Waals surface area contributed by atoms with Crippen molar-refractivity contribution in [3.8, 4) is 0 Å². The lowest BCUT2D eigenvalue weighted by atomic mass is 10.0. The number of morpholine rings is 1. The lowest BCUT2D eigenvalue weighted by Crippen LogP contribution is -2.61. The van der Waals surface area contributed by atoms with Gasteiger partial charge >= 0.3 is 0 Å². The summed E-state index contributed by atoms with van der Waals surface area (Å²) in [5, 5.41) is 0. The van der Waals surface area contributed by atoms with Gasteiger partial charge in [0.05, 0.1) is 19.3 Å². The van der Waals surface area contributed by atoms with Crippen molar-refractivity contribution in [2.24, 2.45) is 0 Å². The second-order valence-electron chi connectivity index (χ2n) is 10.6. The normalized spacial score (nSPS) is 32.2. The molecule has 0 bridgehead atoms. The molecule has 3 aliphatic rings. The molecule has 3 aliphatic heterocycles. The molecule has 0 aliphatic carbocycles. The first kappa shape index (κ1) is 28.3. The van der Waals surface area contributed by atoms with Gasteiger partial charge in [0.15, 0.2) is 12.0 Å². The molecule has 3 heterocycles. The van der Waals surface area contributed by atoms with Gasteiger partial charge in [-0.05, 0) is 34.1 Å². The van der Waals surface area contributed by atoms with Crippen LogP contribution < -0.4 is 0 Å². The molecule has 34 heavy (non-hydrogen) atoms. The highest BCUT2D eigenvalue weighted by Gasteiger charge is 2.69. The quantitative estimate of drug-likeness (QED) is 0.277. The largest absolute Gasteiger partial charge is 0.379 e. The fourth-order valence-electron chi connectivity index (χ4n) is 5.58. The highest BCUT2D eigenvalue weighted by molar-refractivity contribution is 5.06. The first-order valence-corrected chi connectivity index (χ1v) is 14.0. The second-order valence-corrected chi connectivity index (χ2v) is 10.6. The predicted octanol–water partition coefficient (Wildman–Crippen LogP) is 5.25. The van der Waals surface area contributed by atoms with Crippen molar-refractivity contribution < 1.29 is 28.4 Å². The molecule has 3 fully saturated rings. The summed E-state index contributed by atoms with van der Waals surface area (Å²) < 4.78 is 37.8. The van der Waals surface area contributed by atoms with Gasteiger partial charge in [-0.15, -0.1) is 0 Å². The van der Waals surface area contributed by atoms with Crippen LogP contribution in [0.2, 0.25) is 0 Å². The molecule has 7 heteroatoms. The summed E-state index contributed by atoms with van der Waals surface area (Å²) in [4.78, 5) is 2.30. The van der Waals surface area contributed by atoms with E-state index in [1.54, 1.807) is 0 Å². The summed E-state index contributed by atoms with van der Waals surface area (Å²) in [6.45, 7) is 14.5. The topological polar surface area (TPSA) is 58.6 Å². The number of nitrogens with zero attached hydrogens (tertiary/aromatic N) is 1. The van der Waals surface area contributed by atoms with E-state index in [-0.39, 0.29) is 24.5 Å². The van der Waals surface area contributed by atoms with Gasteiger partial charge in [0.2, 0.25) is 5.79 Å². The fourth-order valence-corrected chi connectivity index (χ4v) is 5.58. The van der Waals surface area contributed by atoms with Crippen molar-refractivity contribution in [2.45, 2.75) is 135 Å². The Balaban J connectivity index is 1.55. The minimum atomic E-state index is -1.00. The Hall–Kier alpha value is -0.280. The molecule has 3 rings (SSSR count). The first-order valence-electron chi connectivity index (χ1n) is 14.0. The van der Waals surface area contributed by atoms with Gasteiger partial charge in [-0.3, -0.25) is 4.90 Å². The van der Waals surface area contributed by atoms with Gasteiger partial charge in [-0.25, -0.2) is 0 Å². The Labute approximate surface area is 208 Å². The smallest absolute Gasteiger partial charge is 0.241 e. The third-order valence-electron chi connectivity index (χ3n) is 7.20. The number of fused-ring (bicyclic) bond motifs is 1. The molecular formula is C27H51NO6. The molecule has 3 saturated heterocycles. The van der Waals surface area contributed by atoms with Crippen LogP contribution in [0.15, 0.2) is 0 Å². The molecule has 0 spiro atoms. The summed E-state index contributed by atoms with van der Waals surface area (Å²) >= 11 is 0. The lowest BCUT2D eigenvalue weighted by molar-refractivity contribution is -0.327. The Morgan fingerprint density at radius 2 is 1.50 bits per heavy atom. The summed E-state index contributed by atoms with van der Waals surface area (Å²) in [5.74, 6) is -1.76. The molecule has 0 aromatic rings. The zero-order valence-electron chi connectivity index (χ0n) is 22.5.